The summed E-state index contributed by atoms with van der Waals surface area (Å²) in [5.41, 5.74) is 0. The van der Waals surface area contributed by atoms with Gasteiger partial charge in [-0.05, 0) is 6.92 Å². The zero-order valence-electron chi connectivity index (χ0n) is 7.02. The molecule has 6 nitrogen and oxygen atoms in total. The number of nitrogens with zero attached hydrogens (tertiary/aromatic N) is 1. The Morgan fingerprint density at radius 3 is 2.31 bits per heavy atom. The second kappa shape index (κ2) is 3.53. The fourth-order valence-corrected chi connectivity index (χ4v) is 0.824. The van der Waals surface area contributed by atoms with Crippen LogP contribution in [0.2, 0.25) is 0 Å². The van der Waals surface area contributed by atoms with Crippen molar-refractivity contribution in [1.29, 1.82) is 0 Å². The van der Waals surface area contributed by atoms with Crippen LogP contribution in [0, 0.1) is 0 Å². The van der Waals surface area contributed by atoms with Gasteiger partial charge in [0.05, 0.1) is 0 Å². The minimum atomic E-state index is -1.35. The van der Waals surface area contributed by atoms with Crippen molar-refractivity contribution in [3.63, 3.8) is 0 Å². The normalized spacial score (nSPS) is 19.1. The Kier molecular flexibility index (Phi) is 2.62. The van der Waals surface area contributed by atoms with E-state index >= 15 is 0 Å². The molecule has 0 aromatic heterocycles. The van der Waals surface area contributed by atoms with Gasteiger partial charge in [-0.1, -0.05) is 0 Å². The molecule has 0 unspecified atom stereocenters. The summed E-state index contributed by atoms with van der Waals surface area (Å²) >= 11 is 0. The number of carbonyl (C=O) groups excluding carboxylic acids is 3. The van der Waals surface area contributed by atoms with E-state index in [1.54, 1.807) is 0 Å². The molecule has 0 saturated carbocycles. The van der Waals surface area contributed by atoms with Gasteiger partial charge >= 0.3 is 5.97 Å². The standard InChI is InChI=1S/C7H9NO5/c1-4(9)7(12)13-8-5(10)2-3-6(8)11/h4,9H,2-3H2,1H3/t4-/m0/s1. The first-order valence-corrected chi connectivity index (χ1v) is 3.78. The smallest absolute Gasteiger partial charge is 0.361 e. The summed E-state index contributed by atoms with van der Waals surface area (Å²) in [7, 11) is 0. The number of amides is 2. The number of hydrogen-bond acceptors (Lipinski definition) is 5. The third kappa shape index (κ3) is 2.03. The maximum atomic E-state index is 10.9. The second-order valence-corrected chi connectivity index (χ2v) is 2.67. The molecule has 1 heterocycles. The Balaban J connectivity index is 2.58. The highest BCUT2D eigenvalue weighted by Crippen LogP contribution is 2.12. The molecular weight excluding hydrogens is 178 g/mol. The lowest BCUT2D eigenvalue weighted by Crippen LogP contribution is -2.35. The molecule has 2 amide bonds. The molecule has 0 radical (unpaired) electrons. The molecule has 13 heavy (non-hydrogen) atoms. The first-order chi connectivity index (χ1) is 6.02. The van der Waals surface area contributed by atoms with Crippen molar-refractivity contribution in [1.82, 2.24) is 5.06 Å². The summed E-state index contributed by atoms with van der Waals surface area (Å²) in [6, 6.07) is 0. The molecule has 1 atom stereocenters. The van der Waals surface area contributed by atoms with Crippen LogP contribution in [0.1, 0.15) is 19.8 Å². The number of hydrogen-bond donors (Lipinski definition) is 1. The molecule has 1 fully saturated rings. The monoisotopic (exact) mass is 187 g/mol. The number of aliphatic hydroxyl groups excluding tert-OH is 1. The van der Waals surface area contributed by atoms with Gasteiger partial charge < -0.3 is 9.94 Å². The van der Waals surface area contributed by atoms with Crippen LogP contribution in [0.15, 0.2) is 0 Å². The number of aliphatic hydroxyl groups is 1. The molecule has 1 aliphatic heterocycles. The first kappa shape index (κ1) is 9.66. The van der Waals surface area contributed by atoms with E-state index in [2.05, 4.69) is 4.84 Å². The minimum absolute atomic E-state index is 0.0475. The minimum Gasteiger partial charge on any atom is -0.382 e. The van der Waals surface area contributed by atoms with E-state index in [9.17, 15) is 14.4 Å². The molecule has 0 spiro atoms. The molecule has 1 N–H and O–H groups in total. The van der Waals surface area contributed by atoms with Crippen LogP contribution >= 0.6 is 0 Å². The highest BCUT2D eigenvalue weighted by atomic mass is 16.7. The third-order valence-electron chi connectivity index (χ3n) is 1.53. The van der Waals surface area contributed by atoms with E-state index in [1.165, 1.54) is 6.92 Å². The maximum absolute atomic E-state index is 10.9. The van der Waals surface area contributed by atoms with Crippen LogP contribution in [0.4, 0.5) is 0 Å². The molecule has 0 aromatic carbocycles. The van der Waals surface area contributed by atoms with Crippen molar-refractivity contribution in [2.75, 3.05) is 0 Å². The zero-order valence-corrected chi connectivity index (χ0v) is 7.02. The fourth-order valence-electron chi connectivity index (χ4n) is 0.824. The van der Waals surface area contributed by atoms with E-state index in [4.69, 9.17) is 5.11 Å². The SMILES string of the molecule is C[C@H](O)C(=O)ON1C(=O)CCC1=O. The largest absolute Gasteiger partial charge is 0.382 e. The third-order valence-corrected chi connectivity index (χ3v) is 1.53. The van der Waals surface area contributed by atoms with Gasteiger partial charge in [-0.25, -0.2) is 4.79 Å². The number of rotatable bonds is 2. The summed E-state index contributed by atoms with van der Waals surface area (Å²) < 4.78 is 0. The lowest BCUT2D eigenvalue weighted by atomic mass is 10.4. The predicted octanol–water partition coefficient (Wildman–Crippen LogP) is -1.03. The van der Waals surface area contributed by atoms with Crippen molar-refractivity contribution < 1.29 is 24.3 Å². The topological polar surface area (TPSA) is 83.9 Å². The summed E-state index contributed by atoms with van der Waals surface area (Å²) in [5, 5.41) is 9.13. The van der Waals surface area contributed by atoms with Crippen molar-refractivity contribution in [3.8, 4) is 0 Å². The number of hydroxylamine groups is 2. The van der Waals surface area contributed by atoms with Gasteiger partial charge in [0.2, 0.25) is 0 Å². The fraction of sp³-hybridized carbons (Fsp3) is 0.571. The van der Waals surface area contributed by atoms with Crippen LogP contribution in [0.3, 0.4) is 0 Å². The highest BCUT2D eigenvalue weighted by molar-refractivity contribution is 6.01. The summed E-state index contributed by atoms with van der Waals surface area (Å²) in [6.45, 7) is 1.19. The van der Waals surface area contributed by atoms with Crippen LogP contribution in [-0.2, 0) is 19.2 Å². The van der Waals surface area contributed by atoms with Crippen LogP contribution in [0.5, 0.6) is 0 Å². The Labute approximate surface area is 74.0 Å². The Morgan fingerprint density at radius 2 is 1.92 bits per heavy atom. The van der Waals surface area contributed by atoms with E-state index < -0.39 is 23.9 Å². The molecule has 0 bridgehead atoms. The van der Waals surface area contributed by atoms with Gasteiger partial charge in [0, 0.05) is 12.8 Å². The molecular formula is C7H9NO5. The Bertz CT molecular complexity index is 244. The average Bonchev–Trinajstić information content (AvgIpc) is 2.35. The molecule has 1 rings (SSSR count). The Morgan fingerprint density at radius 1 is 1.46 bits per heavy atom. The van der Waals surface area contributed by atoms with Crippen LogP contribution < -0.4 is 0 Å². The molecule has 0 aliphatic carbocycles. The lowest BCUT2D eigenvalue weighted by Gasteiger charge is -2.13. The van der Waals surface area contributed by atoms with E-state index in [0.717, 1.165) is 0 Å². The molecule has 0 aromatic rings. The van der Waals surface area contributed by atoms with Crippen LogP contribution in [-0.4, -0.2) is 34.1 Å². The maximum Gasteiger partial charge on any atom is 0.361 e. The van der Waals surface area contributed by atoms with Gasteiger partial charge in [0.25, 0.3) is 11.8 Å². The van der Waals surface area contributed by atoms with Crippen LogP contribution in [0.25, 0.3) is 0 Å². The number of imide groups is 1. The lowest BCUT2D eigenvalue weighted by molar-refractivity contribution is -0.202. The zero-order chi connectivity index (χ0) is 10.0. The first-order valence-electron chi connectivity index (χ1n) is 3.78. The molecule has 72 valence electrons. The summed E-state index contributed by atoms with van der Waals surface area (Å²) in [6.07, 6.45) is -1.25. The highest BCUT2D eigenvalue weighted by Gasteiger charge is 2.33. The summed E-state index contributed by atoms with van der Waals surface area (Å²) in [5.74, 6) is -2.12. The molecule has 6 heteroatoms. The van der Waals surface area contributed by atoms with Gasteiger partial charge in [-0.15, -0.1) is 5.06 Å². The van der Waals surface area contributed by atoms with Gasteiger partial charge in [-0.3, -0.25) is 9.59 Å². The predicted molar refractivity (Wildman–Crippen MR) is 38.9 cm³/mol. The Hall–Kier alpha value is -1.43. The van der Waals surface area contributed by atoms with E-state index in [1.807, 2.05) is 0 Å². The van der Waals surface area contributed by atoms with Crippen molar-refractivity contribution >= 4 is 17.8 Å². The van der Waals surface area contributed by atoms with Gasteiger partial charge in [-0.2, -0.15) is 0 Å². The van der Waals surface area contributed by atoms with E-state index in [-0.39, 0.29) is 12.8 Å². The summed E-state index contributed by atoms with van der Waals surface area (Å²) in [4.78, 5) is 36.9. The van der Waals surface area contributed by atoms with Gasteiger partial charge in [0.1, 0.15) is 0 Å². The molecule has 1 aliphatic rings. The quantitative estimate of drug-likeness (QED) is 0.559. The number of carbonyl (C=O) groups is 3. The van der Waals surface area contributed by atoms with Crippen molar-refractivity contribution in [2.45, 2.75) is 25.9 Å². The van der Waals surface area contributed by atoms with Crippen molar-refractivity contribution in [3.05, 3.63) is 0 Å². The van der Waals surface area contributed by atoms with E-state index in [0.29, 0.717) is 5.06 Å². The van der Waals surface area contributed by atoms with Gasteiger partial charge in [0.15, 0.2) is 6.10 Å². The van der Waals surface area contributed by atoms with Crippen molar-refractivity contribution in [2.24, 2.45) is 0 Å². The molecule has 1 saturated heterocycles. The second-order valence-electron chi connectivity index (χ2n) is 2.67. The average molecular weight is 187 g/mol.